The predicted octanol–water partition coefficient (Wildman–Crippen LogP) is 3.04. The Morgan fingerprint density at radius 1 is 1.09 bits per heavy atom. The minimum absolute atomic E-state index is 0.0583. The third kappa shape index (κ3) is 5.81. The zero-order chi connectivity index (χ0) is 24.1. The molecule has 1 heterocycles. The minimum atomic E-state index is -0.703. The van der Waals surface area contributed by atoms with Crippen molar-refractivity contribution in [1.82, 2.24) is 9.55 Å². The van der Waals surface area contributed by atoms with Gasteiger partial charge in [0.2, 0.25) is 0 Å². The molecule has 7 heteroatoms. The van der Waals surface area contributed by atoms with Crippen LogP contribution in [-0.2, 0) is 4.74 Å². The first-order valence-electron chi connectivity index (χ1n) is 11.7. The maximum absolute atomic E-state index is 9.87. The second-order valence-electron chi connectivity index (χ2n) is 8.88. The summed E-state index contributed by atoms with van der Waals surface area (Å²) in [6.07, 6.45) is 7.75. The molecule has 1 saturated carbocycles. The fourth-order valence-electron chi connectivity index (χ4n) is 4.11. The van der Waals surface area contributed by atoms with Crippen molar-refractivity contribution in [1.29, 1.82) is 0 Å². The second kappa shape index (κ2) is 11.1. The van der Waals surface area contributed by atoms with Gasteiger partial charge in [0.05, 0.1) is 38.0 Å². The molecule has 0 amide bonds. The number of ether oxygens (including phenoxy) is 1. The molecule has 0 radical (unpaired) electrons. The molecule has 2 aromatic carbocycles. The molecule has 7 nitrogen and oxygen atoms in total. The Labute approximate surface area is 200 Å². The van der Waals surface area contributed by atoms with Crippen LogP contribution in [0.5, 0.6) is 0 Å². The van der Waals surface area contributed by atoms with Crippen molar-refractivity contribution < 1.29 is 20.1 Å². The SMILES string of the molecule is C[C@H](O)c1nccn1[C@@H](/C=C/c1ccc(-c2ccc([C@@H]3C[C@H]3OCC(N)CO)cc2)cc1)CO. The van der Waals surface area contributed by atoms with Crippen LogP contribution in [-0.4, -0.2) is 56.8 Å². The lowest BCUT2D eigenvalue weighted by Crippen LogP contribution is -2.30. The standard InChI is InChI=1S/C27H33N3O4/c1-18(33)27-29-12-13-30(27)24(16-32)11-4-19-2-5-20(6-3-19)21-7-9-22(10-8-21)25-14-26(25)34-17-23(28)15-31/h2-13,18,23-26,31-33H,14-17,28H2,1H3/b11-4+/t18-,23?,24-,25-,26+/m0/s1. The van der Waals surface area contributed by atoms with Gasteiger partial charge in [-0.15, -0.1) is 0 Å². The van der Waals surface area contributed by atoms with Crippen LogP contribution < -0.4 is 5.73 Å². The summed E-state index contributed by atoms with van der Waals surface area (Å²) in [4.78, 5) is 4.18. The summed E-state index contributed by atoms with van der Waals surface area (Å²) in [7, 11) is 0. The number of nitrogens with zero attached hydrogens (tertiary/aromatic N) is 2. The summed E-state index contributed by atoms with van der Waals surface area (Å²) in [5.41, 5.74) is 10.3. The van der Waals surface area contributed by atoms with E-state index in [0.29, 0.717) is 18.3 Å². The van der Waals surface area contributed by atoms with Gasteiger partial charge in [-0.1, -0.05) is 60.7 Å². The van der Waals surface area contributed by atoms with E-state index < -0.39 is 6.10 Å². The summed E-state index contributed by atoms with van der Waals surface area (Å²) in [5, 5.41) is 28.7. The minimum Gasteiger partial charge on any atom is -0.395 e. The van der Waals surface area contributed by atoms with Crippen LogP contribution >= 0.6 is 0 Å². The third-order valence-electron chi connectivity index (χ3n) is 6.20. The zero-order valence-corrected chi connectivity index (χ0v) is 19.4. The van der Waals surface area contributed by atoms with Crippen molar-refractivity contribution in [2.75, 3.05) is 19.8 Å². The van der Waals surface area contributed by atoms with Gasteiger partial charge < -0.3 is 30.4 Å². The maximum atomic E-state index is 9.87. The van der Waals surface area contributed by atoms with E-state index in [1.807, 2.05) is 24.3 Å². The van der Waals surface area contributed by atoms with E-state index in [1.165, 1.54) is 5.56 Å². The first-order valence-corrected chi connectivity index (χ1v) is 11.7. The van der Waals surface area contributed by atoms with Crippen molar-refractivity contribution in [2.24, 2.45) is 5.73 Å². The second-order valence-corrected chi connectivity index (χ2v) is 8.88. The topological polar surface area (TPSA) is 114 Å². The van der Waals surface area contributed by atoms with Gasteiger partial charge in [-0.05, 0) is 35.6 Å². The van der Waals surface area contributed by atoms with Gasteiger partial charge in [0.1, 0.15) is 11.9 Å². The highest BCUT2D eigenvalue weighted by atomic mass is 16.5. The maximum Gasteiger partial charge on any atom is 0.137 e. The number of aromatic nitrogens is 2. The number of nitrogens with two attached hydrogens (primary N) is 1. The van der Waals surface area contributed by atoms with Crippen LogP contribution in [0.3, 0.4) is 0 Å². The number of aliphatic hydroxyl groups is 3. The lowest BCUT2D eigenvalue weighted by molar-refractivity contribution is 0.0860. The molecule has 1 fully saturated rings. The van der Waals surface area contributed by atoms with Crippen molar-refractivity contribution in [3.8, 4) is 11.1 Å². The summed E-state index contributed by atoms with van der Waals surface area (Å²) in [6.45, 7) is 1.91. The highest BCUT2D eigenvalue weighted by Gasteiger charge is 2.39. The van der Waals surface area contributed by atoms with Crippen LogP contribution in [0.25, 0.3) is 17.2 Å². The Hall–Kier alpha value is -2.81. The Morgan fingerprint density at radius 2 is 1.76 bits per heavy atom. The summed E-state index contributed by atoms with van der Waals surface area (Å²) in [5.74, 6) is 0.928. The molecule has 5 N–H and O–H groups in total. The largest absolute Gasteiger partial charge is 0.395 e. The normalized spacial score (nSPS) is 20.4. The summed E-state index contributed by atoms with van der Waals surface area (Å²) >= 11 is 0. The Balaban J connectivity index is 1.36. The number of aliphatic hydroxyl groups excluding tert-OH is 3. The van der Waals surface area contributed by atoms with Crippen LogP contribution in [0.1, 0.15) is 48.4 Å². The van der Waals surface area contributed by atoms with E-state index in [9.17, 15) is 10.2 Å². The highest BCUT2D eigenvalue weighted by molar-refractivity contribution is 5.66. The molecule has 4 rings (SSSR count). The average molecular weight is 464 g/mol. The average Bonchev–Trinajstić information content (AvgIpc) is 3.48. The third-order valence-corrected chi connectivity index (χ3v) is 6.20. The predicted molar refractivity (Wildman–Crippen MR) is 132 cm³/mol. The molecule has 34 heavy (non-hydrogen) atoms. The molecule has 1 aromatic heterocycles. The molecule has 0 aliphatic heterocycles. The van der Waals surface area contributed by atoms with E-state index in [2.05, 4.69) is 41.4 Å². The van der Waals surface area contributed by atoms with E-state index in [0.717, 1.165) is 23.1 Å². The molecule has 1 aliphatic rings. The van der Waals surface area contributed by atoms with Gasteiger partial charge in [-0.2, -0.15) is 0 Å². The number of benzene rings is 2. The molecule has 1 unspecified atom stereocenters. The molecule has 1 aliphatic carbocycles. The molecule has 180 valence electrons. The van der Waals surface area contributed by atoms with Crippen molar-refractivity contribution in [3.63, 3.8) is 0 Å². The van der Waals surface area contributed by atoms with Crippen LogP contribution in [0, 0.1) is 0 Å². The molecule has 0 bridgehead atoms. The van der Waals surface area contributed by atoms with Gasteiger partial charge in [0.25, 0.3) is 0 Å². The smallest absolute Gasteiger partial charge is 0.137 e. The summed E-state index contributed by atoms with van der Waals surface area (Å²) in [6, 6.07) is 16.2. The number of imidazole rings is 1. The fraction of sp³-hybridized carbons (Fsp3) is 0.370. The molecule has 5 atom stereocenters. The number of rotatable bonds is 11. The van der Waals surface area contributed by atoms with Crippen LogP contribution in [0.15, 0.2) is 67.0 Å². The van der Waals surface area contributed by atoms with Crippen molar-refractivity contribution in [2.45, 2.75) is 43.6 Å². The molecule has 0 spiro atoms. The van der Waals surface area contributed by atoms with Gasteiger partial charge in [0.15, 0.2) is 0 Å². The lowest BCUT2D eigenvalue weighted by atomic mass is 10.0. The van der Waals surface area contributed by atoms with Gasteiger partial charge in [-0.3, -0.25) is 0 Å². The monoisotopic (exact) mass is 463 g/mol. The fourth-order valence-corrected chi connectivity index (χ4v) is 4.11. The van der Waals surface area contributed by atoms with E-state index in [1.54, 1.807) is 23.9 Å². The Kier molecular flexibility index (Phi) is 7.92. The highest BCUT2D eigenvalue weighted by Crippen LogP contribution is 2.43. The van der Waals surface area contributed by atoms with E-state index >= 15 is 0 Å². The van der Waals surface area contributed by atoms with Gasteiger partial charge >= 0.3 is 0 Å². The quantitative estimate of drug-likeness (QED) is 0.348. The Morgan fingerprint density at radius 3 is 2.38 bits per heavy atom. The van der Waals surface area contributed by atoms with Gasteiger partial charge in [0, 0.05) is 18.3 Å². The molecular weight excluding hydrogens is 430 g/mol. The van der Waals surface area contributed by atoms with E-state index in [-0.39, 0.29) is 31.4 Å². The molecule has 0 saturated heterocycles. The van der Waals surface area contributed by atoms with E-state index in [4.69, 9.17) is 15.6 Å². The zero-order valence-electron chi connectivity index (χ0n) is 19.4. The van der Waals surface area contributed by atoms with Crippen molar-refractivity contribution >= 4 is 6.08 Å². The first-order chi connectivity index (χ1) is 16.5. The van der Waals surface area contributed by atoms with Crippen LogP contribution in [0.4, 0.5) is 0 Å². The lowest BCUT2D eigenvalue weighted by Gasteiger charge is -2.16. The summed E-state index contributed by atoms with van der Waals surface area (Å²) < 4.78 is 7.55. The van der Waals surface area contributed by atoms with Gasteiger partial charge in [-0.25, -0.2) is 4.98 Å². The molecule has 3 aromatic rings. The number of hydrogen-bond acceptors (Lipinski definition) is 6. The first kappa shape index (κ1) is 24.3. The van der Waals surface area contributed by atoms with Crippen molar-refractivity contribution in [3.05, 3.63) is 84.0 Å². The Bertz CT molecular complexity index is 1080. The number of hydrogen-bond donors (Lipinski definition) is 4. The van der Waals surface area contributed by atoms with Crippen LogP contribution in [0.2, 0.25) is 0 Å². The molecular formula is C27H33N3O4.